The van der Waals surface area contributed by atoms with Crippen LogP contribution in [-0.2, 0) is 16.0 Å². The van der Waals surface area contributed by atoms with Crippen LogP contribution in [0.1, 0.15) is 26.3 Å². The van der Waals surface area contributed by atoms with Gasteiger partial charge in [-0.3, -0.25) is 9.59 Å². The molecule has 0 bridgehead atoms. The normalized spacial score (nSPS) is 10.9. The van der Waals surface area contributed by atoms with Gasteiger partial charge in [0.1, 0.15) is 11.2 Å². The number of ether oxygens (including phenoxy) is 1. The Hall–Kier alpha value is -2.82. The molecule has 0 heterocycles. The quantitative estimate of drug-likeness (QED) is 0.785. The lowest BCUT2D eigenvalue weighted by molar-refractivity contribution is -0.135. The maximum atomic E-state index is 12.6. The minimum atomic E-state index is -1.22. The van der Waals surface area contributed by atoms with Gasteiger partial charge in [0.2, 0.25) is 11.8 Å². The third-order valence-electron chi connectivity index (χ3n) is 4.13. The summed E-state index contributed by atoms with van der Waals surface area (Å²) in [6.45, 7) is 5.23. The summed E-state index contributed by atoms with van der Waals surface area (Å²) >= 11 is 0. The zero-order valence-corrected chi connectivity index (χ0v) is 15.1. The molecule has 2 aromatic rings. The number of nitrogens with one attached hydrogen (secondary N) is 2. The van der Waals surface area contributed by atoms with E-state index in [4.69, 9.17) is 4.74 Å². The Morgan fingerprint density at radius 3 is 2.16 bits per heavy atom. The first kappa shape index (κ1) is 18.5. The van der Waals surface area contributed by atoms with Crippen LogP contribution in [0.2, 0.25) is 0 Å². The van der Waals surface area contributed by atoms with Crippen LogP contribution < -0.4 is 15.4 Å². The van der Waals surface area contributed by atoms with Crippen LogP contribution in [0.3, 0.4) is 0 Å². The minimum absolute atomic E-state index is 0.348. The highest BCUT2D eigenvalue weighted by molar-refractivity contribution is 6.14. The number of benzene rings is 2. The summed E-state index contributed by atoms with van der Waals surface area (Å²) in [6.07, 6.45) is 0.801. The maximum Gasteiger partial charge on any atom is 0.239 e. The first-order valence-electron chi connectivity index (χ1n) is 8.23. The first-order valence-corrected chi connectivity index (χ1v) is 8.23. The van der Waals surface area contributed by atoms with E-state index in [0.717, 1.165) is 17.7 Å². The number of hydrogen-bond donors (Lipinski definition) is 2. The molecule has 0 aliphatic carbocycles. The molecule has 0 aliphatic heterocycles. The molecule has 25 heavy (non-hydrogen) atoms. The van der Waals surface area contributed by atoms with Gasteiger partial charge in [0.25, 0.3) is 0 Å². The summed E-state index contributed by atoms with van der Waals surface area (Å²) in [4.78, 5) is 25.2. The molecule has 0 saturated heterocycles. The average Bonchev–Trinajstić information content (AvgIpc) is 2.62. The molecule has 0 atom stereocenters. The molecule has 0 spiro atoms. The lowest BCUT2D eigenvalue weighted by atomic mass is 9.90. The van der Waals surface area contributed by atoms with Crippen LogP contribution in [0.15, 0.2) is 48.5 Å². The summed E-state index contributed by atoms with van der Waals surface area (Å²) in [5, 5.41) is 5.64. The number of para-hydroxylation sites is 1. The molecule has 2 rings (SSSR count). The summed E-state index contributed by atoms with van der Waals surface area (Å²) in [7, 11) is 1.58. The molecule has 0 radical (unpaired) electrons. The molecule has 2 amide bonds. The molecule has 0 saturated carbocycles. The molecule has 0 aliphatic rings. The van der Waals surface area contributed by atoms with Crippen molar-refractivity contribution in [3.05, 3.63) is 54.1 Å². The maximum absolute atomic E-state index is 12.6. The number of amides is 2. The summed E-state index contributed by atoms with van der Waals surface area (Å²) in [5.41, 5.74) is 1.16. The zero-order chi connectivity index (χ0) is 18.4. The van der Waals surface area contributed by atoms with Crippen molar-refractivity contribution >= 4 is 23.2 Å². The van der Waals surface area contributed by atoms with Crippen molar-refractivity contribution in [2.45, 2.75) is 27.2 Å². The van der Waals surface area contributed by atoms with Gasteiger partial charge in [-0.2, -0.15) is 0 Å². The fourth-order valence-corrected chi connectivity index (χ4v) is 2.29. The van der Waals surface area contributed by atoms with Crippen molar-refractivity contribution < 1.29 is 14.3 Å². The van der Waals surface area contributed by atoms with Crippen molar-refractivity contribution in [3.63, 3.8) is 0 Å². The molecule has 0 unspecified atom stereocenters. The highest BCUT2D eigenvalue weighted by Crippen LogP contribution is 2.24. The Balaban J connectivity index is 2.09. The topological polar surface area (TPSA) is 67.4 Å². The molecule has 0 aromatic heterocycles. The van der Waals surface area contributed by atoms with Crippen molar-refractivity contribution in [1.82, 2.24) is 0 Å². The molecule has 0 fully saturated rings. The highest BCUT2D eigenvalue weighted by Gasteiger charge is 2.36. The van der Waals surface area contributed by atoms with Crippen LogP contribution in [0, 0.1) is 5.41 Å². The molecule has 2 N–H and O–H groups in total. The second-order valence-corrected chi connectivity index (χ2v) is 6.27. The Kier molecular flexibility index (Phi) is 5.80. The number of methoxy groups -OCH3 is 1. The third-order valence-corrected chi connectivity index (χ3v) is 4.13. The predicted octanol–water partition coefficient (Wildman–Crippen LogP) is 3.86. The first-order chi connectivity index (χ1) is 11.9. The Morgan fingerprint density at radius 2 is 1.56 bits per heavy atom. The van der Waals surface area contributed by atoms with E-state index in [2.05, 4.69) is 10.6 Å². The predicted molar refractivity (Wildman–Crippen MR) is 99.9 cm³/mol. The van der Waals surface area contributed by atoms with Gasteiger partial charge in [-0.05, 0) is 56.2 Å². The lowest BCUT2D eigenvalue weighted by Gasteiger charge is -2.23. The van der Waals surface area contributed by atoms with Crippen LogP contribution >= 0.6 is 0 Å². The third kappa shape index (κ3) is 4.38. The number of anilines is 2. The van der Waals surface area contributed by atoms with Gasteiger partial charge >= 0.3 is 0 Å². The summed E-state index contributed by atoms with van der Waals surface area (Å²) < 4.78 is 5.09. The van der Waals surface area contributed by atoms with Crippen molar-refractivity contribution in [1.29, 1.82) is 0 Å². The number of aryl methyl sites for hydroxylation is 1. The van der Waals surface area contributed by atoms with Gasteiger partial charge < -0.3 is 15.4 Å². The van der Waals surface area contributed by atoms with E-state index < -0.39 is 5.41 Å². The fraction of sp³-hybridized carbons (Fsp3) is 0.300. The molecule has 5 nitrogen and oxygen atoms in total. The minimum Gasteiger partial charge on any atom is -0.497 e. The molecule has 5 heteroatoms. The van der Waals surface area contributed by atoms with E-state index in [1.165, 1.54) is 0 Å². The lowest BCUT2D eigenvalue weighted by Crippen LogP contribution is -2.41. The van der Waals surface area contributed by atoms with Crippen LogP contribution in [-0.4, -0.2) is 18.9 Å². The standard InChI is InChI=1S/C20H24N2O3/c1-5-14-8-6-7-9-17(14)22-19(24)20(2,3)18(23)21-15-10-12-16(25-4)13-11-15/h6-13H,5H2,1-4H3,(H,21,23)(H,22,24). The molecule has 2 aromatic carbocycles. The molecular formula is C20H24N2O3. The Labute approximate surface area is 148 Å². The van der Waals surface area contributed by atoms with Crippen molar-refractivity contribution in [2.24, 2.45) is 5.41 Å². The fourth-order valence-electron chi connectivity index (χ4n) is 2.29. The van der Waals surface area contributed by atoms with Crippen molar-refractivity contribution in [2.75, 3.05) is 17.7 Å². The van der Waals surface area contributed by atoms with E-state index >= 15 is 0 Å². The van der Waals surface area contributed by atoms with Gasteiger partial charge in [0.05, 0.1) is 7.11 Å². The zero-order valence-electron chi connectivity index (χ0n) is 15.1. The summed E-state index contributed by atoms with van der Waals surface area (Å²) in [5.74, 6) is -0.0188. The van der Waals surface area contributed by atoms with Gasteiger partial charge in [-0.1, -0.05) is 25.1 Å². The largest absolute Gasteiger partial charge is 0.497 e. The Morgan fingerprint density at radius 1 is 0.960 bits per heavy atom. The molecular weight excluding hydrogens is 316 g/mol. The average molecular weight is 340 g/mol. The van der Waals surface area contributed by atoms with E-state index in [1.807, 2.05) is 31.2 Å². The highest BCUT2D eigenvalue weighted by atomic mass is 16.5. The van der Waals surface area contributed by atoms with Gasteiger partial charge in [0, 0.05) is 11.4 Å². The second-order valence-electron chi connectivity index (χ2n) is 6.27. The number of hydrogen-bond acceptors (Lipinski definition) is 3. The molecule has 132 valence electrons. The monoisotopic (exact) mass is 340 g/mol. The van der Waals surface area contributed by atoms with Crippen LogP contribution in [0.4, 0.5) is 11.4 Å². The SMILES string of the molecule is CCc1ccccc1NC(=O)C(C)(C)C(=O)Nc1ccc(OC)cc1. The van der Waals surface area contributed by atoms with Crippen LogP contribution in [0.25, 0.3) is 0 Å². The number of carbonyl (C=O) groups excluding carboxylic acids is 2. The Bertz CT molecular complexity index is 752. The number of carbonyl (C=O) groups is 2. The van der Waals surface area contributed by atoms with E-state index in [0.29, 0.717) is 11.4 Å². The van der Waals surface area contributed by atoms with E-state index in [9.17, 15) is 9.59 Å². The van der Waals surface area contributed by atoms with E-state index in [-0.39, 0.29) is 11.8 Å². The van der Waals surface area contributed by atoms with E-state index in [1.54, 1.807) is 45.2 Å². The van der Waals surface area contributed by atoms with Gasteiger partial charge in [-0.15, -0.1) is 0 Å². The van der Waals surface area contributed by atoms with Gasteiger partial charge in [-0.25, -0.2) is 0 Å². The smallest absolute Gasteiger partial charge is 0.239 e. The van der Waals surface area contributed by atoms with Crippen LogP contribution in [0.5, 0.6) is 5.75 Å². The van der Waals surface area contributed by atoms with Crippen molar-refractivity contribution in [3.8, 4) is 5.75 Å². The van der Waals surface area contributed by atoms with Gasteiger partial charge in [0.15, 0.2) is 0 Å². The second kappa shape index (κ2) is 7.83. The number of rotatable bonds is 6. The summed E-state index contributed by atoms with van der Waals surface area (Å²) in [6, 6.07) is 14.6.